The number of hydrogen-bond donors (Lipinski definition) is 2. The summed E-state index contributed by atoms with van der Waals surface area (Å²) in [5, 5.41) is 28.9. The van der Waals surface area contributed by atoms with Crippen LogP contribution < -0.4 is 0 Å². The van der Waals surface area contributed by atoms with Crippen molar-refractivity contribution in [1.82, 2.24) is 0 Å². The number of hydrogen-bond acceptors (Lipinski definition) is 4. The van der Waals surface area contributed by atoms with Gasteiger partial charge < -0.3 is 10.2 Å². The van der Waals surface area contributed by atoms with Crippen LogP contribution in [0.15, 0.2) is 28.4 Å². The number of nitrogens with zero attached hydrogens (tertiary/aromatic N) is 2. The molecule has 0 heterocycles. The van der Waals surface area contributed by atoms with Crippen LogP contribution in [-0.4, -0.2) is 10.2 Å². The van der Waals surface area contributed by atoms with E-state index in [1.54, 1.807) is 6.07 Å². The van der Waals surface area contributed by atoms with E-state index in [9.17, 15) is 10.2 Å². The summed E-state index contributed by atoms with van der Waals surface area (Å²) >= 11 is 0. The van der Waals surface area contributed by atoms with E-state index < -0.39 is 0 Å². The van der Waals surface area contributed by atoms with Gasteiger partial charge in [0, 0.05) is 0 Å². The maximum absolute atomic E-state index is 10.4. The number of phenolic OH excluding ortho intramolecular Hbond substituents is 2. The number of phenols is 2. The van der Waals surface area contributed by atoms with Gasteiger partial charge in [-0.1, -0.05) is 19.9 Å². The van der Waals surface area contributed by atoms with Gasteiger partial charge in [-0.05, 0) is 80.0 Å². The molecule has 2 N–H and O–H groups in total. The fourth-order valence-corrected chi connectivity index (χ4v) is 2.66. The maximum atomic E-state index is 10.4. The quantitative estimate of drug-likeness (QED) is 0.651. The van der Waals surface area contributed by atoms with Crippen LogP contribution in [0.4, 0.5) is 11.4 Å². The molecule has 0 aliphatic rings. The Morgan fingerprint density at radius 2 is 1.54 bits per heavy atom. The van der Waals surface area contributed by atoms with Gasteiger partial charge in [0.15, 0.2) is 0 Å². The monoisotopic (exact) mass is 326 g/mol. The molecule has 0 radical (unpaired) electrons. The zero-order chi connectivity index (χ0) is 18.0. The fourth-order valence-electron chi connectivity index (χ4n) is 2.66. The van der Waals surface area contributed by atoms with E-state index in [-0.39, 0.29) is 11.5 Å². The van der Waals surface area contributed by atoms with Crippen molar-refractivity contribution in [3.8, 4) is 11.5 Å². The van der Waals surface area contributed by atoms with Gasteiger partial charge in [0.05, 0.1) is 0 Å². The van der Waals surface area contributed by atoms with E-state index in [0.29, 0.717) is 17.3 Å². The number of aromatic hydroxyl groups is 2. The zero-order valence-corrected chi connectivity index (χ0v) is 15.3. The highest BCUT2D eigenvalue weighted by atomic mass is 16.3. The van der Waals surface area contributed by atoms with E-state index in [0.717, 1.165) is 34.2 Å². The second kappa shape index (κ2) is 7.04. The molecule has 0 saturated carbocycles. The van der Waals surface area contributed by atoms with Gasteiger partial charge in [0.1, 0.15) is 22.9 Å². The number of benzene rings is 2. The van der Waals surface area contributed by atoms with Crippen LogP contribution in [0.2, 0.25) is 0 Å². The lowest BCUT2D eigenvalue weighted by Crippen LogP contribution is -1.92. The molecule has 0 spiro atoms. The predicted octanol–water partition coefficient (Wildman–Crippen LogP) is 6.26. The topological polar surface area (TPSA) is 65.2 Å². The standard InChI is InChI=1S/C20H26N2O2/c1-7-11(2)16-8-9-18(23)17(10-16)21-22-19-14(5)12(3)13(4)15(6)20(19)24/h8-11,23-24H,7H2,1-6H3. The molecule has 0 aliphatic heterocycles. The molecule has 4 heteroatoms. The first-order valence-corrected chi connectivity index (χ1v) is 8.31. The Morgan fingerprint density at radius 1 is 0.917 bits per heavy atom. The highest BCUT2D eigenvalue weighted by Crippen LogP contribution is 2.40. The molecule has 24 heavy (non-hydrogen) atoms. The third-order valence-corrected chi connectivity index (χ3v) is 5.06. The Kier molecular flexibility index (Phi) is 5.27. The minimum atomic E-state index is 0.0866. The van der Waals surface area contributed by atoms with Gasteiger partial charge in [0.2, 0.25) is 0 Å². The summed E-state index contributed by atoms with van der Waals surface area (Å²) in [5.74, 6) is 0.624. The summed E-state index contributed by atoms with van der Waals surface area (Å²) in [6.45, 7) is 12.0. The Balaban J connectivity index is 2.49. The van der Waals surface area contributed by atoms with Crippen molar-refractivity contribution < 1.29 is 10.2 Å². The molecule has 0 saturated heterocycles. The molecule has 0 aromatic heterocycles. The smallest absolute Gasteiger partial charge is 0.146 e. The van der Waals surface area contributed by atoms with Crippen LogP contribution in [0.5, 0.6) is 11.5 Å². The Labute approximate surface area is 143 Å². The second-order valence-electron chi connectivity index (χ2n) is 6.45. The molecule has 128 valence electrons. The van der Waals surface area contributed by atoms with Gasteiger partial charge in [-0.15, -0.1) is 10.2 Å². The molecule has 0 amide bonds. The van der Waals surface area contributed by atoms with Crippen LogP contribution in [-0.2, 0) is 0 Å². The summed E-state index contributed by atoms with van der Waals surface area (Å²) in [4.78, 5) is 0. The first-order chi connectivity index (χ1) is 11.3. The fraction of sp³-hybridized carbons (Fsp3) is 0.400. The molecule has 0 bridgehead atoms. The molecule has 1 unspecified atom stereocenters. The van der Waals surface area contributed by atoms with E-state index in [2.05, 4.69) is 24.1 Å². The van der Waals surface area contributed by atoms with Crippen LogP contribution in [0.25, 0.3) is 0 Å². The van der Waals surface area contributed by atoms with Gasteiger partial charge in [0.25, 0.3) is 0 Å². The van der Waals surface area contributed by atoms with Gasteiger partial charge in [-0.3, -0.25) is 0 Å². The Bertz CT molecular complexity index is 766. The summed E-state index contributed by atoms with van der Waals surface area (Å²) in [6.07, 6.45) is 1.01. The Morgan fingerprint density at radius 3 is 2.17 bits per heavy atom. The minimum absolute atomic E-state index is 0.0866. The van der Waals surface area contributed by atoms with Crippen LogP contribution in [0.1, 0.15) is 54.0 Å². The van der Waals surface area contributed by atoms with E-state index in [4.69, 9.17) is 0 Å². The third-order valence-electron chi connectivity index (χ3n) is 5.06. The zero-order valence-electron chi connectivity index (χ0n) is 15.3. The number of azo groups is 1. The lowest BCUT2D eigenvalue weighted by atomic mass is 9.97. The molecular weight excluding hydrogens is 300 g/mol. The molecular formula is C20H26N2O2. The van der Waals surface area contributed by atoms with E-state index in [1.807, 2.05) is 39.8 Å². The van der Waals surface area contributed by atoms with Crippen LogP contribution in [0, 0.1) is 27.7 Å². The largest absolute Gasteiger partial charge is 0.506 e. The lowest BCUT2D eigenvalue weighted by molar-refractivity contribution is 0.470. The molecule has 0 aliphatic carbocycles. The van der Waals surface area contributed by atoms with Crippen molar-refractivity contribution in [3.05, 3.63) is 46.0 Å². The van der Waals surface area contributed by atoms with E-state index in [1.165, 1.54) is 0 Å². The molecule has 4 nitrogen and oxygen atoms in total. The van der Waals surface area contributed by atoms with Gasteiger partial charge >= 0.3 is 0 Å². The van der Waals surface area contributed by atoms with Crippen molar-refractivity contribution in [2.24, 2.45) is 10.2 Å². The van der Waals surface area contributed by atoms with Crippen molar-refractivity contribution in [3.63, 3.8) is 0 Å². The normalized spacial score (nSPS) is 12.8. The first-order valence-electron chi connectivity index (χ1n) is 8.31. The summed E-state index contributed by atoms with van der Waals surface area (Å²) in [5.41, 5.74) is 5.86. The van der Waals surface area contributed by atoms with E-state index >= 15 is 0 Å². The highest BCUT2D eigenvalue weighted by Gasteiger charge is 2.14. The lowest BCUT2D eigenvalue weighted by Gasteiger charge is -2.13. The minimum Gasteiger partial charge on any atom is -0.506 e. The SMILES string of the molecule is CCC(C)c1ccc(O)c(N=Nc2c(C)c(C)c(C)c(C)c2O)c1. The van der Waals surface area contributed by atoms with Gasteiger partial charge in [-0.2, -0.15) is 0 Å². The molecule has 2 rings (SSSR count). The highest BCUT2D eigenvalue weighted by molar-refractivity contribution is 5.65. The Hall–Kier alpha value is -2.36. The van der Waals surface area contributed by atoms with Crippen molar-refractivity contribution in [2.75, 3.05) is 0 Å². The average Bonchev–Trinajstić information content (AvgIpc) is 2.58. The second-order valence-corrected chi connectivity index (χ2v) is 6.45. The van der Waals surface area contributed by atoms with Crippen LogP contribution >= 0.6 is 0 Å². The summed E-state index contributed by atoms with van der Waals surface area (Å²) < 4.78 is 0. The third kappa shape index (κ3) is 3.28. The maximum Gasteiger partial charge on any atom is 0.146 e. The molecule has 0 fully saturated rings. The summed E-state index contributed by atoms with van der Waals surface area (Å²) in [6, 6.07) is 5.41. The molecule has 2 aromatic rings. The van der Waals surface area contributed by atoms with Crippen molar-refractivity contribution in [1.29, 1.82) is 0 Å². The van der Waals surface area contributed by atoms with Crippen LogP contribution in [0.3, 0.4) is 0 Å². The van der Waals surface area contributed by atoms with Gasteiger partial charge in [-0.25, -0.2) is 0 Å². The van der Waals surface area contributed by atoms with Crippen molar-refractivity contribution >= 4 is 11.4 Å². The predicted molar refractivity (Wildman–Crippen MR) is 98.0 cm³/mol. The number of rotatable bonds is 4. The first kappa shape index (κ1) is 18.0. The average molecular weight is 326 g/mol. The summed E-state index contributed by atoms with van der Waals surface area (Å²) in [7, 11) is 0. The molecule has 2 aromatic carbocycles. The molecule has 1 atom stereocenters. The van der Waals surface area contributed by atoms with Crippen molar-refractivity contribution in [2.45, 2.75) is 53.9 Å².